The van der Waals surface area contributed by atoms with Crippen LogP contribution in [0.5, 0.6) is 0 Å². The molecule has 3 aromatic rings. The molecule has 4 heteroatoms. The molecule has 0 aliphatic heterocycles. The van der Waals surface area contributed by atoms with E-state index in [1.54, 1.807) is 11.8 Å². The number of rotatable bonds is 3. The first-order valence-corrected chi connectivity index (χ1v) is 7.61. The zero-order valence-corrected chi connectivity index (χ0v) is 12.3. The summed E-state index contributed by atoms with van der Waals surface area (Å²) in [5, 5.41) is 2.47. The van der Waals surface area contributed by atoms with Crippen LogP contribution in [0.4, 0.5) is 0 Å². The summed E-state index contributed by atoms with van der Waals surface area (Å²) in [5.41, 5.74) is 2.34. The van der Waals surface area contributed by atoms with Gasteiger partial charge >= 0.3 is 0 Å². The Morgan fingerprint density at radius 2 is 1.84 bits per heavy atom. The second kappa shape index (κ2) is 5.49. The van der Waals surface area contributed by atoms with Gasteiger partial charge in [-0.2, -0.15) is 0 Å². The first-order valence-electron chi connectivity index (χ1n) is 5.87. The molecule has 0 radical (unpaired) electrons. The zero-order valence-electron chi connectivity index (χ0n) is 9.99. The lowest BCUT2D eigenvalue weighted by molar-refractivity contribution is 1.38. The Hall–Kier alpha value is -1.09. The van der Waals surface area contributed by atoms with Crippen molar-refractivity contribution in [1.29, 1.82) is 0 Å². The van der Waals surface area contributed by atoms with E-state index in [9.17, 15) is 0 Å². The molecule has 0 spiro atoms. The molecule has 1 aromatic heterocycles. The molecule has 0 saturated carbocycles. The summed E-state index contributed by atoms with van der Waals surface area (Å²) in [6, 6.07) is 14.1. The molecule has 19 heavy (non-hydrogen) atoms. The number of aromatic nitrogens is 1. The second-order valence-corrected chi connectivity index (χ2v) is 6.07. The van der Waals surface area contributed by atoms with Crippen LogP contribution in [-0.4, -0.2) is 4.98 Å². The van der Waals surface area contributed by atoms with E-state index in [1.165, 1.54) is 21.4 Å². The Morgan fingerprint density at radius 1 is 1.00 bits per heavy atom. The molecule has 96 valence electrons. The van der Waals surface area contributed by atoms with Gasteiger partial charge in [0, 0.05) is 27.7 Å². The number of aromatic amines is 1. The Bertz CT molecular complexity index is 721. The molecule has 3 rings (SSSR count). The third kappa shape index (κ3) is 2.76. The topological polar surface area (TPSA) is 15.8 Å². The number of benzene rings is 2. The number of H-pyrrole nitrogens is 1. The maximum absolute atomic E-state index is 6.02. The van der Waals surface area contributed by atoms with Crippen molar-refractivity contribution >= 4 is 45.9 Å². The molecule has 0 unspecified atom stereocenters. The summed E-state index contributed by atoms with van der Waals surface area (Å²) < 4.78 is 0. The van der Waals surface area contributed by atoms with E-state index in [0.717, 1.165) is 5.75 Å². The lowest BCUT2D eigenvalue weighted by atomic mass is 10.2. The summed E-state index contributed by atoms with van der Waals surface area (Å²) >= 11 is 13.7. The number of thioether (sulfide) groups is 1. The minimum Gasteiger partial charge on any atom is -0.360 e. The van der Waals surface area contributed by atoms with Crippen molar-refractivity contribution in [3.8, 4) is 0 Å². The normalized spacial score (nSPS) is 11.1. The van der Waals surface area contributed by atoms with Crippen LogP contribution < -0.4 is 0 Å². The van der Waals surface area contributed by atoms with Crippen molar-refractivity contribution < 1.29 is 0 Å². The van der Waals surface area contributed by atoms with Gasteiger partial charge in [-0.1, -0.05) is 47.5 Å². The molecule has 0 aliphatic rings. The fraction of sp³-hybridized carbons (Fsp3) is 0.0667. The van der Waals surface area contributed by atoms with Gasteiger partial charge in [0.2, 0.25) is 0 Å². The Morgan fingerprint density at radius 3 is 2.68 bits per heavy atom. The maximum atomic E-state index is 6.02. The lowest BCUT2D eigenvalue weighted by Gasteiger charge is -2.03. The van der Waals surface area contributed by atoms with Crippen molar-refractivity contribution in [1.82, 2.24) is 4.98 Å². The van der Waals surface area contributed by atoms with Crippen LogP contribution in [0.25, 0.3) is 10.9 Å². The van der Waals surface area contributed by atoms with Crippen LogP contribution in [0.1, 0.15) is 5.56 Å². The van der Waals surface area contributed by atoms with Gasteiger partial charge in [0.15, 0.2) is 0 Å². The van der Waals surface area contributed by atoms with Crippen LogP contribution in [0.15, 0.2) is 53.6 Å². The van der Waals surface area contributed by atoms with Crippen LogP contribution in [0, 0.1) is 0 Å². The molecule has 1 heterocycles. The first kappa shape index (κ1) is 12.9. The monoisotopic (exact) mass is 307 g/mol. The summed E-state index contributed by atoms with van der Waals surface area (Å²) in [6.07, 6.45) is 2.05. The third-order valence-electron chi connectivity index (χ3n) is 2.93. The molecule has 0 aliphatic carbocycles. The van der Waals surface area contributed by atoms with E-state index in [4.69, 9.17) is 23.2 Å². The molecule has 0 bridgehead atoms. The largest absolute Gasteiger partial charge is 0.360 e. The van der Waals surface area contributed by atoms with Gasteiger partial charge in [-0.05, 0) is 23.8 Å². The quantitative estimate of drug-likeness (QED) is 0.608. The zero-order chi connectivity index (χ0) is 13.2. The van der Waals surface area contributed by atoms with Crippen LogP contribution in [0.3, 0.4) is 0 Å². The Balaban J connectivity index is 1.80. The second-order valence-electron chi connectivity index (χ2n) is 4.24. The molecule has 0 saturated heterocycles. The molecule has 1 nitrogen and oxygen atoms in total. The van der Waals surface area contributed by atoms with Crippen molar-refractivity contribution in [2.75, 3.05) is 0 Å². The summed E-state index contributed by atoms with van der Waals surface area (Å²) in [5.74, 6) is 0.874. The summed E-state index contributed by atoms with van der Waals surface area (Å²) in [7, 11) is 0. The molecule has 0 fully saturated rings. The first-order chi connectivity index (χ1) is 9.24. The summed E-state index contributed by atoms with van der Waals surface area (Å²) in [4.78, 5) is 4.53. The Kier molecular flexibility index (Phi) is 3.74. The SMILES string of the molecule is Clc1ccc(CSc2c[nH]c3ccccc23)cc1Cl. The number of halogens is 2. The minimum absolute atomic E-state index is 0.600. The molecule has 0 amide bonds. The van der Waals surface area contributed by atoms with Crippen molar-refractivity contribution in [3.63, 3.8) is 0 Å². The highest BCUT2D eigenvalue weighted by Crippen LogP contribution is 2.31. The molecule has 2 aromatic carbocycles. The van der Waals surface area contributed by atoms with E-state index < -0.39 is 0 Å². The van der Waals surface area contributed by atoms with E-state index >= 15 is 0 Å². The van der Waals surface area contributed by atoms with Crippen molar-refractivity contribution in [3.05, 3.63) is 64.3 Å². The fourth-order valence-electron chi connectivity index (χ4n) is 1.95. The minimum atomic E-state index is 0.600. The van der Waals surface area contributed by atoms with Gasteiger partial charge in [0.05, 0.1) is 10.0 Å². The van der Waals surface area contributed by atoms with Crippen LogP contribution in [-0.2, 0) is 5.75 Å². The average Bonchev–Trinajstić information content (AvgIpc) is 2.83. The van der Waals surface area contributed by atoms with Crippen LogP contribution in [0.2, 0.25) is 10.0 Å². The van der Waals surface area contributed by atoms with Gasteiger partial charge in [0.1, 0.15) is 0 Å². The average molecular weight is 308 g/mol. The molecule has 1 N–H and O–H groups in total. The van der Waals surface area contributed by atoms with Gasteiger partial charge in [0.25, 0.3) is 0 Å². The summed E-state index contributed by atoms with van der Waals surface area (Å²) in [6.45, 7) is 0. The van der Waals surface area contributed by atoms with Gasteiger partial charge in [-0.25, -0.2) is 0 Å². The number of hydrogen-bond donors (Lipinski definition) is 1. The fourth-order valence-corrected chi connectivity index (χ4v) is 3.25. The van der Waals surface area contributed by atoms with Gasteiger partial charge < -0.3 is 4.98 Å². The standard InChI is InChI=1S/C15H11Cl2NS/c16-12-6-5-10(7-13(12)17)9-19-15-8-18-14-4-2-1-3-11(14)15/h1-8,18H,9H2. The smallest absolute Gasteiger partial charge is 0.0595 e. The highest BCUT2D eigenvalue weighted by atomic mass is 35.5. The molecular formula is C15H11Cl2NS. The third-order valence-corrected chi connectivity index (χ3v) is 4.80. The van der Waals surface area contributed by atoms with Gasteiger partial charge in [-0.15, -0.1) is 11.8 Å². The lowest BCUT2D eigenvalue weighted by Crippen LogP contribution is -1.80. The van der Waals surface area contributed by atoms with Gasteiger partial charge in [-0.3, -0.25) is 0 Å². The van der Waals surface area contributed by atoms with Crippen molar-refractivity contribution in [2.45, 2.75) is 10.6 Å². The maximum Gasteiger partial charge on any atom is 0.0595 e. The highest BCUT2D eigenvalue weighted by molar-refractivity contribution is 7.98. The van der Waals surface area contributed by atoms with Crippen molar-refractivity contribution in [2.24, 2.45) is 0 Å². The highest BCUT2D eigenvalue weighted by Gasteiger charge is 2.05. The van der Waals surface area contributed by atoms with E-state index in [0.29, 0.717) is 10.0 Å². The number of hydrogen-bond acceptors (Lipinski definition) is 1. The predicted molar refractivity (Wildman–Crippen MR) is 84.3 cm³/mol. The number of nitrogens with one attached hydrogen (secondary N) is 1. The molecule has 0 atom stereocenters. The molecular weight excluding hydrogens is 297 g/mol. The van der Waals surface area contributed by atoms with Crippen LogP contribution >= 0.6 is 35.0 Å². The predicted octanol–water partition coefficient (Wildman–Crippen LogP) is 5.77. The van der Waals surface area contributed by atoms with E-state index in [-0.39, 0.29) is 0 Å². The van der Waals surface area contributed by atoms with E-state index in [2.05, 4.69) is 23.2 Å². The Labute approximate surface area is 125 Å². The van der Waals surface area contributed by atoms with E-state index in [1.807, 2.05) is 30.5 Å². The number of para-hydroxylation sites is 1. The number of fused-ring (bicyclic) bond motifs is 1.